The number of aromatic nitrogens is 2. The molecule has 0 bridgehead atoms. The standard InChI is InChI=1S/C9H10N2O2S/c1-6-4-11-7(2-3-8(12)13)5-14-9(11)10-6/h4-5H,2-3H2,1H3,(H,12,13). The lowest BCUT2D eigenvalue weighted by atomic mass is 10.2. The molecule has 0 aliphatic carbocycles. The van der Waals surface area contributed by atoms with Crippen LogP contribution in [0.25, 0.3) is 4.96 Å². The Kier molecular flexibility index (Phi) is 2.25. The maximum atomic E-state index is 10.4. The summed E-state index contributed by atoms with van der Waals surface area (Å²) >= 11 is 1.55. The van der Waals surface area contributed by atoms with E-state index in [4.69, 9.17) is 5.11 Å². The fourth-order valence-electron chi connectivity index (χ4n) is 1.36. The Morgan fingerprint density at radius 3 is 3.21 bits per heavy atom. The summed E-state index contributed by atoms with van der Waals surface area (Å²) in [4.78, 5) is 15.6. The van der Waals surface area contributed by atoms with E-state index >= 15 is 0 Å². The van der Waals surface area contributed by atoms with Crippen molar-refractivity contribution in [3.05, 3.63) is 23.0 Å². The van der Waals surface area contributed by atoms with Crippen LogP contribution in [0.1, 0.15) is 17.8 Å². The van der Waals surface area contributed by atoms with Gasteiger partial charge in [-0.05, 0) is 13.3 Å². The Balaban J connectivity index is 2.28. The predicted octanol–water partition coefficient (Wildman–Crippen LogP) is 1.72. The summed E-state index contributed by atoms with van der Waals surface area (Å²) in [5.41, 5.74) is 1.99. The van der Waals surface area contributed by atoms with Crippen LogP contribution in [0.15, 0.2) is 11.6 Å². The van der Waals surface area contributed by atoms with Gasteiger partial charge < -0.3 is 5.11 Å². The van der Waals surface area contributed by atoms with E-state index in [1.54, 1.807) is 11.3 Å². The van der Waals surface area contributed by atoms with Gasteiger partial charge in [0.25, 0.3) is 0 Å². The largest absolute Gasteiger partial charge is 0.481 e. The number of hydrogen-bond donors (Lipinski definition) is 1. The van der Waals surface area contributed by atoms with Crippen LogP contribution >= 0.6 is 11.3 Å². The number of thiazole rings is 1. The maximum Gasteiger partial charge on any atom is 0.303 e. The molecule has 0 saturated carbocycles. The summed E-state index contributed by atoms with van der Waals surface area (Å²) in [5.74, 6) is -0.763. The fraction of sp³-hybridized carbons (Fsp3) is 0.333. The molecular formula is C9H10N2O2S. The normalized spacial score (nSPS) is 10.9. The van der Waals surface area contributed by atoms with E-state index in [0.29, 0.717) is 6.42 Å². The van der Waals surface area contributed by atoms with Crippen LogP contribution in [0, 0.1) is 6.92 Å². The number of carboxylic acid groups (broad SMARTS) is 1. The average Bonchev–Trinajstić information content (AvgIpc) is 2.60. The maximum absolute atomic E-state index is 10.4. The van der Waals surface area contributed by atoms with Gasteiger partial charge in [0.15, 0.2) is 4.96 Å². The van der Waals surface area contributed by atoms with Gasteiger partial charge in [0.2, 0.25) is 0 Å². The Morgan fingerprint density at radius 1 is 1.71 bits per heavy atom. The van der Waals surface area contributed by atoms with E-state index in [0.717, 1.165) is 16.3 Å². The molecule has 5 heteroatoms. The number of hydrogen-bond acceptors (Lipinski definition) is 3. The highest BCUT2D eigenvalue weighted by molar-refractivity contribution is 7.15. The topological polar surface area (TPSA) is 54.6 Å². The highest BCUT2D eigenvalue weighted by atomic mass is 32.1. The molecule has 2 rings (SSSR count). The van der Waals surface area contributed by atoms with Crippen molar-refractivity contribution in [3.8, 4) is 0 Å². The zero-order valence-electron chi connectivity index (χ0n) is 7.73. The first kappa shape index (κ1) is 9.21. The van der Waals surface area contributed by atoms with E-state index in [2.05, 4.69) is 4.98 Å². The van der Waals surface area contributed by atoms with Crippen LogP contribution in [0.2, 0.25) is 0 Å². The van der Waals surface area contributed by atoms with Gasteiger partial charge in [-0.2, -0.15) is 0 Å². The molecule has 2 aromatic rings. The first-order chi connectivity index (χ1) is 6.66. The molecule has 0 radical (unpaired) electrons. The van der Waals surface area contributed by atoms with Crippen LogP contribution < -0.4 is 0 Å². The van der Waals surface area contributed by atoms with Crippen LogP contribution in [-0.4, -0.2) is 20.5 Å². The van der Waals surface area contributed by atoms with Crippen molar-refractivity contribution < 1.29 is 9.90 Å². The van der Waals surface area contributed by atoms with E-state index in [-0.39, 0.29) is 6.42 Å². The van der Waals surface area contributed by atoms with Crippen molar-refractivity contribution >= 4 is 22.3 Å². The molecule has 0 amide bonds. The molecule has 0 saturated heterocycles. The molecule has 0 spiro atoms. The summed E-state index contributed by atoms with van der Waals surface area (Å²) in [5, 5.41) is 10.5. The monoisotopic (exact) mass is 210 g/mol. The van der Waals surface area contributed by atoms with Crippen molar-refractivity contribution in [1.82, 2.24) is 9.38 Å². The summed E-state index contributed by atoms with van der Waals surface area (Å²) in [6.07, 6.45) is 2.66. The van der Waals surface area contributed by atoms with Gasteiger partial charge in [0, 0.05) is 17.3 Å². The lowest BCUT2D eigenvalue weighted by Gasteiger charge is -1.94. The minimum Gasteiger partial charge on any atom is -0.481 e. The number of aliphatic carboxylic acids is 1. The lowest BCUT2D eigenvalue weighted by molar-refractivity contribution is -0.136. The summed E-state index contributed by atoms with van der Waals surface area (Å²) in [6, 6.07) is 0. The molecule has 0 aliphatic rings. The van der Waals surface area contributed by atoms with E-state index in [1.807, 2.05) is 22.9 Å². The smallest absolute Gasteiger partial charge is 0.303 e. The number of fused-ring (bicyclic) bond motifs is 1. The number of carbonyl (C=O) groups is 1. The van der Waals surface area contributed by atoms with Gasteiger partial charge in [0.05, 0.1) is 12.1 Å². The van der Waals surface area contributed by atoms with Crippen molar-refractivity contribution in [2.45, 2.75) is 19.8 Å². The van der Waals surface area contributed by atoms with E-state index in [9.17, 15) is 4.79 Å². The lowest BCUT2D eigenvalue weighted by Crippen LogP contribution is -1.99. The number of imidazole rings is 1. The molecule has 1 N–H and O–H groups in total. The zero-order valence-corrected chi connectivity index (χ0v) is 8.54. The molecule has 74 valence electrons. The quantitative estimate of drug-likeness (QED) is 0.839. The number of rotatable bonds is 3. The minimum atomic E-state index is -0.763. The van der Waals surface area contributed by atoms with Crippen molar-refractivity contribution in [2.75, 3.05) is 0 Å². The molecule has 0 aliphatic heterocycles. The molecule has 0 aromatic carbocycles. The zero-order chi connectivity index (χ0) is 10.1. The van der Waals surface area contributed by atoms with Gasteiger partial charge in [-0.15, -0.1) is 11.3 Å². The Bertz CT molecular complexity index is 472. The first-order valence-electron chi connectivity index (χ1n) is 4.30. The van der Waals surface area contributed by atoms with Crippen LogP contribution in [-0.2, 0) is 11.2 Å². The van der Waals surface area contributed by atoms with E-state index < -0.39 is 5.97 Å². The van der Waals surface area contributed by atoms with E-state index in [1.165, 1.54) is 0 Å². The molecule has 14 heavy (non-hydrogen) atoms. The second-order valence-electron chi connectivity index (χ2n) is 3.16. The van der Waals surface area contributed by atoms with Crippen molar-refractivity contribution in [2.24, 2.45) is 0 Å². The highest BCUT2D eigenvalue weighted by Gasteiger charge is 2.07. The SMILES string of the molecule is Cc1cn2c(CCC(=O)O)csc2n1. The summed E-state index contributed by atoms with van der Waals surface area (Å²) in [6.45, 7) is 1.93. The number of carboxylic acids is 1. The molecule has 0 unspecified atom stereocenters. The van der Waals surface area contributed by atoms with Crippen molar-refractivity contribution in [1.29, 1.82) is 0 Å². The highest BCUT2D eigenvalue weighted by Crippen LogP contribution is 2.17. The fourth-order valence-corrected chi connectivity index (χ4v) is 2.31. The molecule has 2 heterocycles. The molecule has 4 nitrogen and oxygen atoms in total. The summed E-state index contributed by atoms with van der Waals surface area (Å²) < 4.78 is 1.96. The number of nitrogens with zero attached hydrogens (tertiary/aromatic N) is 2. The Labute approximate surface area is 84.8 Å². The van der Waals surface area contributed by atoms with Gasteiger partial charge >= 0.3 is 5.97 Å². The third-order valence-electron chi connectivity index (χ3n) is 2.00. The minimum absolute atomic E-state index is 0.170. The molecular weight excluding hydrogens is 200 g/mol. The molecule has 0 atom stereocenters. The van der Waals surface area contributed by atoms with Crippen LogP contribution in [0.5, 0.6) is 0 Å². The van der Waals surface area contributed by atoms with Crippen LogP contribution in [0.4, 0.5) is 0 Å². The van der Waals surface area contributed by atoms with Gasteiger partial charge in [-0.3, -0.25) is 9.20 Å². The molecule has 2 aromatic heterocycles. The number of aryl methyl sites for hydroxylation is 2. The van der Waals surface area contributed by atoms with Gasteiger partial charge in [-0.1, -0.05) is 0 Å². The van der Waals surface area contributed by atoms with Gasteiger partial charge in [0.1, 0.15) is 0 Å². The molecule has 0 fully saturated rings. The van der Waals surface area contributed by atoms with Gasteiger partial charge in [-0.25, -0.2) is 4.98 Å². The average molecular weight is 210 g/mol. The Morgan fingerprint density at radius 2 is 2.50 bits per heavy atom. The van der Waals surface area contributed by atoms with Crippen molar-refractivity contribution in [3.63, 3.8) is 0 Å². The second-order valence-corrected chi connectivity index (χ2v) is 3.99. The summed E-state index contributed by atoms with van der Waals surface area (Å²) in [7, 11) is 0. The third-order valence-corrected chi connectivity index (χ3v) is 2.89. The Hall–Kier alpha value is -1.36. The van der Waals surface area contributed by atoms with Crippen LogP contribution in [0.3, 0.4) is 0 Å². The second kappa shape index (κ2) is 3.42. The first-order valence-corrected chi connectivity index (χ1v) is 5.18. The third kappa shape index (κ3) is 1.63. The predicted molar refractivity (Wildman–Crippen MR) is 53.8 cm³/mol.